The fraction of sp³-hybridized carbons (Fsp3) is 0.844. The Morgan fingerprint density at radius 3 is 1.16 bits per heavy atom. The van der Waals surface area contributed by atoms with E-state index >= 15 is 0 Å². The monoisotopic (exact) mass is 719 g/mol. The van der Waals surface area contributed by atoms with Crippen molar-refractivity contribution in [3.05, 3.63) is 24.3 Å². The lowest BCUT2D eigenvalue weighted by Crippen LogP contribution is -2.30. The Labute approximate surface area is 315 Å². The molecule has 0 bridgehead atoms. The topological polar surface area (TPSA) is 78.9 Å². The second-order valence-corrected chi connectivity index (χ2v) is 14.6. The van der Waals surface area contributed by atoms with Crippen molar-refractivity contribution in [1.29, 1.82) is 0 Å². The molecule has 0 aromatic heterocycles. The third-order valence-electron chi connectivity index (χ3n) is 9.44. The summed E-state index contributed by atoms with van der Waals surface area (Å²) in [5.74, 6) is -0.889. The van der Waals surface area contributed by atoms with Gasteiger partial charge < -0.3 is 14.2 Å². The van der Waals surface area contributed by atoms with Crippen LogP contribution in [-0.4, -0.2) is 37.2 Å². The van der Waals surface area contributed by atoms with Crippen molar-refractivity contribution in [2.24, 2.45) is 0 Å². The average molecular weight is 719 g/mol. The Hall–Kier alpha value is -2.11. The zero-order valence-electron chi connectivity index (χ0n) is 33.9. The molecule has 0 aromatic rings. The average Bonchev–Trinajstić information content (AvgIpc) is 3.12. The van der Waals surface area contributed by atoms with Crippen LogP contribution in [0.25, 0.3) is 0 Å². The highest BCUT2D eigenvalue weighted by Crippen LogP contribution is 2.14. The minimum absolute atomic E-state index is 0.0726. The summed E-state index contributed by atoms with van der Waals surface area (Å²) in [6.07, 6.45) is 43.0. The van der Waals surface area contributed by atoms with Gasteiger partial charge >= 0.3 is 17.9 Å². The molecular formula is C45H82O6. The van der Waals surface area contributed by atoms with E-state index in [-0.39, 0.29) is 31.1 Å². The molecule has 0 aliphatic heterocycles. The van der Waals surface area contributed by atoms with Gasteiger partial charge in [-0.3, -0.25) is 14.4 Å². The first-order chi connectivity index (χ1) is 25.0. The molecular weight excluding hydrogens is 636 g/mol. The zero-order valence-corrected chi connectivity index (χ0v) is 33.9. The molecule has 0 saturated carbocycles. The Morgan fingerprint density at radius 1 is 0.392 bits per heavy atom. The first-order valence-corrected chi connectivity index (χ1v) is 21.8. The number of rotatable bonds is 39. The second kappa shape index (κ2) is 40.7. The van der Waals surface area contributed by atoms with Crippen LogP contribution in [0.5, 0.6) is 0 Å². The quantitative estimate of drug-likeness (QED) is 0.0272. The summed E-state index contributed by atoms with van der Waals surface area (Å²) in [6, 6.07) is 0. The molecule has 0 aromatic carbocycles. The van der Waals surface area contributed by atoms with Gasteiger partial charge in [-0.1, -0.05) is 186 Å². The van der Waals surface area contributed by atoms with Crippen LogP contribution in [0.4, 0.5) is 0 Å². The van der Waals surface area contributed by atoms with Crippen LogP contribution >= 0.6 is 0 Å². The van der Waals surface area contributed by atoms with Crippen molar-refractivity contribution in [3.8, 4) is 0 Å². The number of ether oxygens (including phenoxy) is 3. The SMILES string of the molecule is CCC/C=C\C/C=C\CCCCCCCC(=O)OCC(COC(=O)CCCCCCCCCC)OC(=O)CCCCCCCCCCCCCC. The summed E-state index contributed by atoms with van der Waals surface area (Å²) < 4.78 is 16.6. The van der Waals surface area contributed by atoms with Gasteiger partial charge in [0.1, 0.15) is 13.2 Å². The van der Waals surface area contributed by atoms with Crippen molar-refractivity contribution in [2.45, 2.75) is 232 Å². The smallest absolute Gasteiger partial charge is 0.306 e. The summed E-state index contributed by atoms with van der Waals surface area (Å²) >= 11 is 0. The molecule has 1 atom stereocenters. The van der Waals surface area contributed by atoms with Gasteiger partial charge in [-0.05, 0) is 44.9 Å². The zero-order chi connectivity index (χ0) is 37.3. The predicted molar refractivity (Wildman–Crippen MR) is 215 cm³/mol. The predicted octanol–water partition coefficient (Wildman–Crippen LogP) is 13.6. The van der Waals surface area contributed by atoms with Gasteiger partial charge in [0.25, 0.3) is 0 Å². The fourth-order valence-corrected chi connectivity index (χ4v) is 6.13. The molecule has 0 aliphatic rings. The van der Waals surface area contributed by atoms with Crippen LogP contribution in [0.15, 0.2) is 24.3 Å². The van der Waals surface area contributed by atoms with Gasteiger partial charge in [0.05, 0.1) is 0 Å². The molecule has 0 fully saturated rings. The molecule has 0 rings (SSSR count). The highest BCUT2D eigenvalue weighted by molar-refractivity contribution is 5.71. The summed E-state index contributed by atoms with van der Waals surface area (Å²) in [7, 11) is 0. The van der Waals surface area contributed by atoms with Crippen LogP contribution in [0.1, 0.15) is 226 Å². The Kier molecular flexibility index (Phi) is 39.0. The molecule has 1 unspecified atom stereocenters. The van der Waals surface area contributed by atoms with E-state index in [9.17, 15) is 14.4 Å². The van der Waals surface area contributed by atoms with Crippen molar-refractivity contribution in [1.82, 2.24) is 0 Å². The maximum absolute atomic E-state index is 12.7. The minimum atomic E-state index is -0.767. The van der Waals surface area contributed by atoms with E-state index in [1.165, 1.54) is 103 Å². The highest BCUT2D eigenvalue weighted by Gasteiger charge is 2.19. The van der Waals surface area contributed by atoms with Crippen LogP contribution in [0.2, 0.25) is 0 Å². The lowest BCUT2D eigenvalue weighted by Gasteiger charge is -2.18. The van der Waals surface area contributed by atoms with Gasteiger partial charge in [0, 0.05) is 19.3 Å². The molecule has 0 spiro atoms. The third-order valence-corrected chi connectivity index (χ3v) is 9.44. The molecule has 6 heteroatoms. The molecule has 6 nitrogen and oxygen atoms in total. The molecule has 0 N–H and O–H groups in total. The number of unbranched alkanes of at least 4 members (excludes halogenated alkanes) is 24. The van der Waals surface area contributed by atoms with Crippen molar-refractivity contribution in [2.75, 3.05) is 13.2 Å². The third kappa shape index (κ3) is 38.9. The summed E-state index contributed by atoms with van der Waals surface area (Å²) in [6.45, 7) is 6.52. The van der Waals surface area contributed by atoms with E-state index in [0.29, 0.717) is 19.3 Å². The van der Waals surface area contributed by atoms with E-state index in [1.807, 2.05) is 0 Å². The number of carbonyl (C=O) groups excluding carboxylic acids is 3. The second-order valence-electron chi connectivity index (χ2n) is 14.6. The molecule has 51 heavy (non-hydrogen) atoms. The van der Waals surface area contributed by atoms with Crippen LogP contribution in [-0.2, 0) is 28.6 Å². The minimum Gasteiger partial charge on any atom is -0.462 e. The van der Waals surface area contributed by atoms with E-state index in [1.54, 1.807) is 0 Å². The van der Waals surface area contributed by atoms with Gasteiger partial charge in [0.2, 0.25) is 0 Å². The first-order valence-electron chi connectivity index (χ1n) is 21.8. The normalized spacial score (nSPS) is 12.1. The van der Waals surface area contributed by atoms with Gasteiger partial charge in [-0.15, -0.1) is 0 Å². The fourth-order valence-electron chi connectivity index (χ4n) is 6.13. The highest BCUT2D eigenvalue weighted by atomic mass is 16.6. The van der Waals surface area contributed by atoms with Crippen molar-refractivity contribution in [3.63, 3.8) is 0 Å². The number of allylic oxidation sites excluding steroid dienone is 4. The van der Waals surface area contributed by atoms with Gasteiger partial charge in [-0.25, -0.2) is 0 Å². The van der Waals surface area contributed by atoms with Crippen LogP contribution in [0, 0.1) is 0 Å². The lowest BCUT2D eigenvalue weighted by atomic mass is 10.0. The molecule has 298 valence electrons. The molecule has 0 amide bonds. The molecule has 0 radical (unpaired) electrons. The van der Waals surface area contributed by atoms with Crippen molar-refractivity contribution >= 4 is 17.9 Å². The Morgan fingerprint density at radius 2 is 0.745 bits per heavy atom. The lowest BCUT2D eigenvalue weighted by molar-refractivity contribution is -0.167. The Bertz CT molecular complexity index is 835. The number of hydrogen-bond donors (Lipinski definition) is 0. The summed E-state index contributed by atoms with van der Waals surface area (Å²) in [4.78, 5) is 37.5. The largest absolute Gasteiger partial charge is 0.462 e. The number of carbonyl (C=O) groups is 3. The number of esters is 3. The van der Waals surface area contributed by atoms with Gasteiger partial charge in [0.15, 0.2) is 6.10 Å². The molecule has 0 aliphatic carbocycles. The van der Waals surface area contributed by atoms with E-state index in [0.717, 1.165) is 83.5 Å². The van der Waals surface area contributed by atoms with E-state index in [2.05, 4.69) is 45.1 Å². The maximum Gasteiger partial charge on any atom is 0.306 e. The first kappa shape index (κ1) is 48.9. The number of hydrogen-bond acceptors (Lipinski definition) is 6. The van der Waals surface area contributed by atoms with E-state index in [4.69, 9.17) is 14.2 Å². The molecule has 0 heterocycles. The van der Waals surface area contributed by atoms with Crippen LogP contribution < -0.4 is 0 Å². The summed E-state index contributed by atoms with van der Waals surface area (Å²) in [5.41, 5.74) is 0. The van der Waals surface area contributed by atoms with Gasteiger partial charge in [-0.2, -0.15) is 0 Å². The summed E-state index contributed by atoms with van der Waals surface area (Å²) in [5, 5.41) is 0. The standard InChI is InChI=1S/C45H82O6/c1-4-7-10-13-16-19-21-23-25-26-29-32-35-38-44(47)50-41-42(40-49-43(46)37-34-31-28-18-15-12-9-6-3)51-45(48)39-36-33-30-27-24-22-20-17-14-11-8-5-2/h10,13,19,21,42H,4-9,11-12,14-18,20,22-41H2,1-3H3/b13-10-,21-19-. The Balaban J connectivity index is 4.35. The molecule has 0 saturated heterocycles. The van der Waals surface area contributed by atoms with Crippen molar-refractivity contribution < 1.29 is 28.6 Å². The van der Waals surface area contributed by atoms with E-state index < -0.39 is 6.10 Å². The maximum atomic E-state index is 12.7. The van der Waals surface area contributed by atoms with Crippen LogP contribution in [0.3, 0.4) is 0 Å².